The van der Waals surface area contributed by atoms with Gasteiger partial charge in [-0.1, -0.05) is 0 Å². The number of carbonyl (C=O) groups excluding carboxylic acids is 1. The molecule has 0 unspecified atom stereocenters. The molecule has 0 bridgehead atoms. The Kier molecular flexibility index (Phi) is 5.11. The van der Waals surface area contributed by atoms with E-state index in [2.05, 4.69) is 31.9 Å². The van der Waals surface area contributed by atoms with Crippen molar-refractivity contribution in [1.82, 2.24) is 0 Å². The molecule has 4 nitrogen and oxygen atoms in total. The van der Waals surface area contributed by atoms with Crippen molar-refractivity contribution in [2.24, 2.45) is 0 Å². The van der Waals surface area contributed by atoms with Gasteiger partial charge in [0.05, 0.1) is 5.69 Å². The van der Waals surface area contributed by atoms with Crippen molar-refractivity contribution in [3.05, 3.63) is 52.3 Å². The van der Waals surface area contributed by atoms with Gasteiger partial charge in [0.2, 0.25) is 5.91 Å². The average Bonchev–Trinajstić information content (AvgIpc) is 2.70. The summed E-state index contributed by atoms with van der Waals surface area (Å²) < 4.78 is 13.8. The summed E-state index contributed by atoms with van der Waals surface area (Å²) >= 11 is 8.82. The molecule has 2 aromatic rings. The van der Waals surface area contributed by atoms with Gasteiger partial charge in [0.15, 0.2) is 5.11 Å². The summed E-state index contributed by atoms with van der Waals surface area (Å²) in [5.74, 6) is -0.280. The second-order valence-corrected chi connectivity index (χ2v) is 6.74. The first-order valence-corrected chi connectivity index (χ1v) is 8.67. The molecule has 124 valence electrons. The highest BCUT2D eigenvalue weighted by Gasteiger charge is 2.15. The molecule has 0 saturated heterocycles. The molecule has 0 fully saturated rings. The maximum absolute atomic E-state index is 12.9. The van der Waals surface area contributed by atoms with Crippen molar-refractivity contribution in [1.29, 1.82) is 0 Å². The van der Waals surface area contributed by atoms with Crippen LogP contribution in [0.3, 0.4) is 0 Å². The van der Waals surface area contributed by atoms with Gasteiger partial charge in [-0.15, -0.1) is 0 Å². The molecular weight excluding hydrogens is 393 g/mol. The summed E-state index contributed by atoms with van der Waals surface area (Å²) in [6, 6.07) is 9.79. The fourth-order valence-corrected chi connectivity index (χ4v) is 3.22. The zero-order valence-corrected chi connectivity index (χ0v) is 15.1. The highest BCUT2D eigenvalue weighted by Crippen LogP contribution is 2.32. The third-order valence-corrected chi connectivity index (χ3v) is 4.53. The van der Waals surface area contributed by atoms with Crippen molar-refractivity contribution in [3.8, 4) is 0 Å². The quantitative estimate of drug-likeness (QED) is 0.633. The standard InChI is InChI=1S/C17H15BrFN3OS/c18-13-8-10-2-1-3-16(23)21-14(10)9-15(13)22-17(24)20-12-6-4-11(19)5-7-12/h4-9H,1-3H2,(H,21,23)(H2,20,22,24). The first-order valence-electron chi connectivity index (χ1n) is 7.47. The summed E-state index contributed by atoms with van der Waals surface area (Å²) in [5, 5.41) is 9.37. The lowest BCUT2D eigenvalue weighted by Gasteiger charge is -2.15. The summed E-state index contributed by atoms with van der Waals surface area (Å²) in [6.07, 6.45) is 2.22. The minimum Gasteiger partial charge on any atom is -0.332 e. The third-order valence-electron chi connectivity index (χ3n) is 3.67. The molecule has 0 atom stereocenters. The molecule has 0 saturated carbocycles. The van der Waals surface area contributed by atoms with E-state index in [-0.39, 0.29) is 11.7 Å². The van der Waals surface area contributed by atoms with Gasteiger partial charge in [0.25, 0.3) is 0 Å². The minimum absolute atomic E-state index is 0.0223. The van der Waals surface area contributed by atoms with Crippen LogP contribution < -0.4 is 16.0 Å². The Hall–Kier alpha value is -1.99. The van der Waals surface area contributed by atoms with Crippen molar-refractivity contribution in [2.75, 3.05) is 16.0 Å². The van der Waals surface area contributed by atoms with Crippen molar-refractivity contribution < 1.29 is 9.18 Å². The van der Waals surface area contributed by atoms with E-state index in [1.807, 2.05) is 12.1 Å². The number of fused-ring (bicyclic) bond motifs is 1. The number of benzene rings is 2. The zero-order chi connectivity index (χ0) is 17.1. The Morgan fingerprint density at radius 1 is 1.17 bits per heavy atom. The maximum atomic E-state index is 12.9. The Morgan fingerprint density at radius 3 is 2.67 bits per heavy atom. The highest BCUT2D eigenvalue weighted by atomic mass is 79.9. The van der Waals surface area contributed by atoms with Crippen LogP contribution in [-0.4, -0.2) is 11.0 Å². The van der Waals surface area contributed by atoms with Crippen molar-refractivity contribution in [3.63, 3.8) is 0 Å². The van der Waals surface area contributed by atoms with Crippen LogP contribution in [0.1, 0.15) is 18.4 Å². The lowest BCUT2D eigenvalue weighted by atomic mass is 10.1. The van der Waals surface area contributed by atoms with Crippen LogP contribution in [0, 0.1) is 5.82 Å². The van der Waals surface area contributed by atoms with E-state index in [1.54, 1.807) is 12.1 Å². The van der Waals surface area contributed by atoms with E-state index in [0.29, 0.717) is 17.2 Å². The molecule has 3 rings (SSSR count). The normalized spacial score (nSPS) is 13.5. The molecule has 0 aliphatic carbocycles. The van der Waals surface area contributed by atoms with Gasteiger partial charge >= 0.3 is 0 Å². The van der Waals surface area contributed by atoms with Crippen LogP contribution in [0.25, 0.3) is 0 Å². The van der Waals surface area contributed by atoms with Crippen LogP contribution in [0.4, 0.5) is 21.5 Å². The number of thiocarbonyl (C=S) groups is 1. The lowest BCUT2D eigenvalue weighted by molar-refractivity contribution is -0.116. The van der Waals surface area contributed by atoms with Gasteiger partial charge < -0.3 is 16.0 Å². The Labute approximate surface area is 153 Å². The fourth-order valence-electron chi connectivity index (χ4n) is 2.50. The van der Waals surface area contributed by atoms with Gasteiger partial charge in [-0.3, -0.25) is 4.79 Å². The average molecular weight is 408 g/mol. The molecule has 1 aliphatic rings. The molecular formula is C17H15BrFN3OS. The van der Waals surface area contributed by atoms with Crippen LogP contribution in [0.2, 0.25) is 0 Å². The molecule has 3 N–H and O–H groups in total. The summed E-state index contributed by atoms with van der Waals surface area (Å²) in [6.45, 7) is 0. The summed E-state index contributed by atoms with van der Waals surface area (Å²) in [5.41, 5.74) is 3.33. The molecule has 1 aliphatic heterocycles. The number of rotatable bonds is 2. The molecule has 1 heterocycles. The number of hydrogen-bond acceptors (Lipinski definition) is 2. The molecule has 0 radical (unpaired) electrons. The number of aryl methyl sites for hydroxylation is 1. The van der Waals surface area contributed by atoms with E-state index in [4.69, 9.17) is 12.2 Å². The molecule has 7 heteroatoms. The van der Waals surface area contributed by atoms with E-state index >= 15 is 0 Å². The number of amides is 1. The first kappa shape index (κ1) is 16.9. The van der Waals surface area contributed by atoms with Crippen molar-refractivity contribution in [2.45, 2.75) is 19.3 Å². The number of hydrogen-bond donors (Lipinski definition) is 3. The van der Waals surface area contributed by atoms with Crippen LogP contribution >= 0.6 is 28.1 Å². The van der Waals surface area contributed by atoms with Crippen LogP contribution in [0.15, 0.2) is 40.9 Å². The Morgan fingerprint density at radius 2 is 1.92 bits per heavy atom. The largest absolute Gasteiger partial charge is 0.332 e. The SMILES string of the molecule is O=C1CCCc2cc(Br)c(NC(=S)Nc3ccc(F)cc3)cc2N1. The fraction of sp³-hybridized carbons (Fsp3) is 0.176. The molecule has 0 spiro atoms. The van der Waals surface area contributed by atoms with Gasteiger partial charge in [-0.05, 0) is 83.0 Å². The molecule has 24 heavy (non-hydrogen) atoms. The summed E-state index contributed by atoms with van der Waals surface area (Å²) in [4.78, 5) is 11.7. The topological polar surface area (TPSA) is 53.2 Å². The monoisotopic (exact) mass is 407 g/mol. The van der Waals surface area contributed by atoms with E-state index in [9.17, 15) is 9.18 Å². The highest BCUT2D eigenvalue weighted by molar-refractivity contribution is 9.10. The molecule has 1 amide bonds. The Bertz CT molecular complexity index is 795. The number of halogens is 2. The minimum atomic E-state index is -0.302. The number of carbonyl (C=O) groups is 1. The second-order valence-electron chi connectivity index (χ2n) is 5.48. The van der Waals surface area contributed by atoms with Gasteiger partial charge in [0.1, 0.15) is 5.82 Å². The van der Waals surface area contributed by atoms with E-state index < -0.39 is 0 Å². The van der Waals surface area contributed by atoms with Gasteiger partial charge in [0, 0.05) is 22.3 Å². The predicted octanol–water partition coefficient (Wildman–Crippen LogP) is 4.67. The van der Waals surface area contributed by atoms with Crippen LogP contribution in [-0.2, 0) is 11.2 Å². The number of anilines is 3. The zero-order valence-electron chi connectivity index (χ0n) is 12.7. The van der Waals surface area contributed by atoms with Gasteiger partial charge in [-0.2, -0.15) is 0 Å². The van der Waals surface area contributed by atoms with Gasteiger partial charge in [-0.25, -0.2) is 4.39 Å². The summed E-state index contributed by atoms with van der Waals surface area (Å²) in [7, 11) is 0. The maximum Gasteiger partial charge on any atom is 0.224 e. The third kappa shape index (κ3) is 4.10. The smallest absolute Gasteiger partial charge is 0.224 e. The first-order chi connectivity index (χ1) is 11.5. The van der Waals surface area contributed by atoms with Crippen LogP contribution in [0.5, 0.6) is 0 Å². The molecule has 2 aromatic carbocycles. The second kappa shape index (κ2) is 7.27. The predicted molar refractivity (Wildman–Crippen MR) is 102 cm³/mol. The number of nitrogens with one attached hydrogen (secondary N) is 3. The molecule has 0 aromatic heterocycles. The Balaban J connectivity index is 1.75. The van der Waals surface area contributed by atoms with Crippen molar-refractivity contribution >= 4 is 56.2 Å². The van der Waals surface area contributed by atoms with E-state index in [1.165, 1.54) is 12.1 Å². The lowest BCUT2D eigenvalue weighted by Crippen LogP contribution is -2.19. The van der Waals surface area contributed by atoms with E-state index in [0.717, 1.165) is 34.3 Å².